The van der Waals surface area contributed by atoms with Gasteiger partial charge in [0.15, 0.2) is 0 Å². The molecule has 0 saturated carbocycles. The number of hydrogen-bond acceptors (Lipinski definition) is 4. The van der Waals surface area contributed by atoms with E-state index in [0.29, 0.717) is 11.3 Å². The molecule has 0 spiro atoms. The van der Waals surface area contributed by atoms with Crippen LogP contribution in [0.25, 0.3) is 0 Å². The van der Waals surface area contributed by atoms with Gasteiger partial charge in [0.2, 0.25) is 11.8 Å². The van der Waals surface area contributed by atoms with Crippen molar-refractivity contribution in [2.24, 2.45) is 5.10 Å². The van der Waals surface area contributed by atoms with Gasteiger partial charge in [-0.05, 0) is 57.9 Å². The zero-order valence-corrected chi connectivity index (χ0v) is 16.8. The van der Waals surface area contributed by atoms with Crippen molar-refractivity contribution in [3.05, 3.63) is 58.1 Å². The first kappa shape index (κ1) is 22.4. The lowest BCUT2D eigenvalue weighted by Crippen LogP contribution is -2.20. The van der Waals surface area contributed by atoms with Gasteiger partial charge in [-0.25, -0.2) is 5.43 Å². The number of ether oxygens (including phenoxy) is 1. The summed E-state index contributed by atoms with van der Waals surface area (Å²) in [7, 11) is 1.54. The van der Waals surface area contributed by atoms with Gasteiger partial charge >= 0.3 is 6.18 Å². The lowest BCUT2D eigenvalue weighted by atomic mass is 10.2. The topological polar surface area (TPSA) is 79.8 Å². The highest BCUT2D eigenvalue weighted by Crippen LogP contribution is 2.30. The van der Waals surface area contributed by atoms with E-state index in [1.165, 1.54) is 25.5 Å². The van der Waals surface area contributed by atoms with E-state index in [-0.39, 0.29) is 18.5 Å². The van der Waals surface area contributed by atoms with Crippen molar-refractivity contribution in [3.63, 3.8) is 0 Å². The summed E-state index contributed by atoms with van der Waals surface area (Å²) in [5.41, 5.74) is 2.13. The molecule has 2 N–H and O–H groups in total. The molecule has 6 nitrogen and oxygen atoms in total. The summed E-state index contributed by atoms with van der Waals surface area (Å²) in [6.07, 6.45) is -3.46. The van der Waals surface area contributed by atoms with Gasteiger partial charge in [-0.3, -0.25) is 9.59 Å². The summed E-state index contributed by atoms with van der Waals surface area (Å²) in [5.74, 6) is -0.437. The molecular weight excluding hydrogens is 455 g/mol. The van der Waals surface area contributed by atoms with Crippen LogP contribution in [0.2, 0.25) is 0 Å². The van der Waals surface area contributed by atoms with Gasteiger partial charge in [0.1, 0.15) is 5.75 Å². The van der Waals surface area contributed by atoms with Crippen LogP contribution < -0.4 is 15.5 Å². The number of halogens is 4. The van der Waals surface area contributed by atoms with Gasteiger partial charge in [0.05, 0.1) is 23.4 Å². The molecule has 0 unspecified atom stereocenters. The number of carbonyl (C=O) groups is 2. The Kier molecular flexibility index (Phi) is 7.77. The zero-order chi connectivity index (χ0) is 21.4. The number of rotatable bonds is 7. The lowest BCUT2D eigenvalue weighted by molar-refractivity contribution is -0.137. The van der Waals surface area contributed by atoms with E-state index >= 15 is 0 Å². The van der Waals surface area contributed by atoms with Crippen LogP contribution in [0.3, 0.4) is 0 Å². The fourth-order valence-electron chi connectivity index (χ4n) is 2.22. The second kappa shape index (κ2) is 10.1. The van der Waals surface area contributed by atoms with Crippen molar-refractivity contribution in [1.29, 1.82) is 0 Å². The van der Waals surface area contributed by atoms with Crippen LogP contribution in [-0.2, 0) is 15.8 Å². The highest BCUT2D eigenvalue weighted by Gasteiger charge is 2.30. The van der Waals surface area contributed by atoms with Crippen LogP contribution >= 0.6 is 15.9 Å². The summed E-state index contributed by atoms with van der Waals surface area (Å²) in [4.78, 5) is 23.6. The number of benzene rings is 2. The van der Waals surface area contributed by atoms with Crippen molar-refractivity contribution < 1.29 is 27.5 Å². The Morgan fingerprint density at radius 3 is 2.52 bits per heavy atom. The third kappa shape index (κ3) is 7.22. The number of alkyl halides is 3. The maximum Gasteiger partial charge on any atom is 0.416 e. The van der Waals surface area contributed by atoms with E-state index in [9.17, 15) is 22.8 Å². The number of hydrogen-bond donors (Lipinski definition) is 2. The van der Waals surface area contributed by atoms with E-state index in [4.69, 9.17) is 4.74 Å². The molecule has 0 atom stereocenters. The fraction of sp³-hybridized carbons (Fsp3) is 0.211. The van der Waals surface area contributed by atoms with Crippen LogP contribution in [0.5, 0.6) is 5.75 Å². The van der Waals surface area contributed by atoms with Crippen LogP contribution in [0.4, 0.5) is 18.9 Å². The second-order valence-corrected chi connectivity index (χ2v) is 6.67. The Bertz CT molecular complexity index is 917. The first-order chi connectivity index (χ1) is 13.7. The van der Waals surface area contributed by atoms with Gasteiger partial charge in [-0.15, -0.1) is 0 Å². The largest absolute Gasteiger partial charge is 0.496 e. The minimum absolute atomic E-state index is 0.00772. The average molecular weight is 472 g/mol. The molecule has 29 heavy (non-hydrogen) atoms. The van der Waals surface area contributed by atoms with Crippen LogP contribution in [0.15, 0.2) is 52.0 Å². The summed E-state index contributed by atoms with van der Waals surface area (Å²) in [6.45, 7) is 0. The van der Waals surface area contributed by atoms with E-state index in [2.05, 4.69) is 31.8 Å². The third-order valence-electron chi connectivity index (χ3n) is 3.63. The molecule has 2 amide bonds. The molecule has 2 aromatic carbocycles. The monoisotopic (exact) mass is 471 g/mol. The third-order valence-corrected chi connectivity index (χ3v) is 4.25. The zero-order valence-electron chi connectivity index (χ0n) is 15.2. The SMILES string of the molecule is COc1ccc(C=NNC(=O)CCC(=O)Nc2cccc(C(F)(F)F)c2)cc1Br. The molecular formula is C19H17BrF3N3O3. The molecule has 10 heteroatoms. The van der Waals surface area contributed by atoms with E-state index in [1.54, 1.807) is 18.2 Å². The molecule has 0 fully saturated rings. The van der Waals surface area contributed by atoms with Gasteiger partial charge < -0.3 is 10.1 Å². The smallest absolute Gasteiger partial charge is 0.416 e. The number of methoxy groups -OCH3 is 1. The number of anilines is 1. The van der Waals surface area contributed by atoms with E-state index < -0.39 is 23.6 Å². The molecule has 0 aliphatic carbocycles. The van der Waals surface area contributed by atoms with Crippen molar-refractivity contribution in [2.45, 2.75) is 19.0 Å². The molecule has 0 radical (unpaired) electrons. The molecule has 0 bridgehead atoms. The molecule has 0 aliphatic rings. The highest BCUT2D eigenvalue weighted by molar-refractivity contribution is 9.10. The van der Waals surface area contributed by atoms with Crippen LogP contribution in [0.1, 0.15) is 24.0 Å². The quantitative estimate of drug-likeness (QED) is 0.465. The normalized spacial score (nSPS) is 11.3. The fourth-order valence-corrected chi connectivity index (χ4v) is 2.78. The van der Waals surface area contributed by atoms with E-state index in [1.807, 2.05) is 0 Å². The van der Waals surface area contributed by atoms with Gasteiger partial charge in [-0.2, -0.15) is 18.3 Å². The molecule has 0 aromatic heterocycles. The number of amides is 2. The minimum atomic E-state index is -4.50. The minimum Gasteiger partial charge on any atom is -0.496 e. The Balaban J connectivity index is 1.80. The van der Waals surface area contributed by atoms with Gasteiger partial charge in [-0.1, -0.05) is 6.07 Å². The first-order valence-corrected chi connectivity index (χ1v) is 9.11. The van der Waals surface area contributed by atoms with Crippen molar-refractivity contribution in [3.8, 4) is 5.75 Å². The second-order valence-electron chi connectivity index (χ2n) is 5.81. The summed E-state index contributed by atoms with van der Waals surface area (Å²) in [6, 6.07) is 9.48. The predicted molar refractivity (Wildman–Crippen MR) is 106 cm³/mol. The van der Waals surface area contributed by atoms with Crippen LogP contribution in [0, 0.1) is 0 Å². The molecule has 2 aromatic rings. The summed E-state index contributed by atoms with van der Waals surface area (Å²) >= 11 is 3.33. The Hall–Kier alpha value is -2.88. The summed E-state index contributed by atoms with van der Waals surface area (Å²) < 4.78 is 43.8. The summed E-state index contributed by atoms with van der Waals surface area (Å²) in [5, 5.41) is 6.13. The van der Waals surface area contributed by atoms with Crippen molar-refractivity contribution >= 4 is 39.6 Å². The molecule has 0 heterocycles. The Labute approximate surface area is 173 Å². The lowest BCUT2D eigenvalue weighted by Gasteiger charge is -2.09. The molecule has 0 saturated heterocycles. The molecule has 154 valence electrons. The van der Waals surface area contributed by atoms with Gasteiger partial charge in [0, 0.05) is 18.5 Å². The number of hydrazone groups is 1. The number of nitrogens with one attached hydrogen (secondary N) is 2. The van der Waals surface area contributed by atoms with Crippen molar-refractivity contribution in [2.75, 3.05) is 12.4 Å². The predicted octanol–water partition coefficient (Wildman–Crippen LogP) is 4.35. The number of carbonyl (C=O) groups excluding carboxylic acids is 2. The van der Waals surface area contributed by atoms with Crippen LogP contribution in [-0.4, -0.2) is 25.1 Å². The molecule has 0 aliphatic heterocycles. The highest BCUT2D eigenvalue weighted by atomic mass is 79.9. The van der Waals surface area contributed by atoms with E-state index in [0.717, 1.165) is 16.6 Å². The van der Waals surface area contributed by atoms with Gasteiger partial charge in [0.25, 0.3) is 0 Å². The Morgan fingerprint density at radius 1 is 1.14 bits per heavy atom. The Morgan fingerprint density at radius 2 is 1.86 bits per heavy atom. The van der Waals surface area contributed by atoms with Crippen molar-refractivity contribution in [1.82, 2.24) is 5.43 Å². The maximum atomic E-state index is 12.7. The average Bonchev–Trinajstić information content (AvgIpc) is 2.66. The molecule has 2 rings (SSSR count). The standard InChI is InChI=1S/C19H17BrF3N3O3/c1-29-16-6-5-12(9-15(16)20)11-24-26-18(28)8-7-17(27)25-14-4-2-3-13(10-14)19(21,22)23/h2-6,9-11H,7-8H2,1H3,(H,25,27)(H,26,28). The first-order valence-electron chi connectivity index (χ1n) is 8.31. The number of nitrogens with zero attached hydrogens (tertiary/aromatic N) is 1. The maximum absolute atomic E-state index is 12.7.